The first-order chi connectivity index (χ1) is 13.4. The van der Waals surface area contributed by atoms with Crippen molar-refractivity contribution in [3.05, 3.63) is 72.4 Å². The number of aromatic nitrogens is 6. The van der Waals surface area contributed by atoms with Crippen molar-refractivity contribution in [2.45, 2.75) is 18.7 Å². The summed E-state index contributed by atoms with van der Waals surface area (Å²) >= 11 is 0. The van der Waals surface area contributed by atoms with Crippen LogP contribution >= 0.6 is 0 Å². The fourth-order valence-electron chi connectivity index (χ4n) is 2.61. The van der Waals surface area contributed by atoms with E-state index in [1.807, 2.05) is 31.2 Å². The summed E-state index contributed by atoms with van der Waals surface area (Å²) in [7, 11) is -3.88. The van der Waals surface area contributed by atoms with Crippen LogP contribution in [-0.4, -0.2) is 37.9 Å². The van der Waals surface area contributed by atoms with Crippen LogP contribution in [0.3, 0.4) is 0 Å². The summed E-state index contributed by atoms with van der Waals surface area (Å²) < 4.78 is 31.1. The Morgan fingerprint density at radius 2 is 1.75 bits per heavy atom. The lowest BCUT2D eigenvalue weighted by atomic mass is 10.2. The van der Waals surface area contributed by atoms with E-state index in [1.165, 1.54) is 21.8 Å². The van der Waals surface area contributed by atoms with Gasteiger partial charge < -0.3 is 0 Å². The van der Waals surface area contributed by atoms with E-state index in [9.17, 15) is 8.42 Å². The molecular weight excluding hydrogens is 378 g/mol. The van der Waals surface area contributed by atoms with Crippen LogP contribution in [0.15, 0.2) is 66.1 Å². The minimum absolute atomic E-state index is 0.0347. The number of anilines is 1. The van der Waals surface area contributed by atoms with Gasteiger partial charge in [0.25, 0.3) is 16.0 Å². The third-order valence-electron chi connectivity index (χ3n) is 3.98. The van der Waals surface area contributed by atoms with Crippen LogP contribution in [0.5, 0.6) is 0 Å². The van der Waals surface area contributed by atoms with Gasteiger partial charge in [-0.2, -0.15) is 14.9 Å². The summed E-state index contributed by atoms with van der Waals surface area (Å²) in [6, 6.07) is 10.9. The number of hydrogen-bond donors (Lipinski definition) is 1. The normalized spacial score (nSPS) is 11.5. The molecule has 3 aromatic heterocycles. The molecule has 4 aromatic rings. The summed E-state index contributed by atoms with van der Waals surface area (Å²) in [4.78, 5) is 8.26. The van der Waals surface area contributed by atoms with Gasteiger partial charge in [-0.1, -0.05) is 17.7 Å². The van der Waals surface area contributed by atoms with E-state index in [0.717, 1.165) is 11.3 Å². The fourth-order valence-corrected chi connectivity index (χ4v) is 3.57. The molecule has 1 aromatic carbocycles. The quantitative estimate of drug-likeness (QED) is 0.555. The lowest BCUT2D eigenvalue weighted by Gasteiger charge is -2.08. The lowest BCUT2D eigenvalue weighted by molar-refractivity contribution is 0.600. The van der Waals surface area contributed by atoms with Crippen LogP contribution in [0, 0.1) is 13.8 Å². The van der Waals surface area contributed by atoms with Gasteiger partial charge in [0, 0.05) is 18.5 Å². The molecule has 10 heteroatoms. The molecule has 9 nitrogen and oxygen atoms in total. The minimum atomic E-state index is -3.88. The fraction of sp³-hybridized carbons (Fsp3) is 0.111. The highest BCUT2D eigenvalue weighted by molar-refractivity contribution is 7.92. The van der Waals surface area contributed by atoms with Crippen molar-refractivity contribution in [2.24, 2.45) is 0 Å². The van der Waals surface area contributed by atoms with Gasteiger partial charge in [-0.25, -0.2) is 23.1 Å². The van der Waals surface area contributed by atoms with Crippen LogP contribution in [0.4, 0.5) is 5.82 Å². The van der Waals surface area contributed by atoms with Gasteiger partial charge in [-0.3, -0.25) is 4.72 Å². The maximum absolute atomic E-state index is 12.8. The molecule has 0 radical (unpaired) electrons. The van der Waals surface area contributed by atoms with E-state index < -0.39 is 10.0 Å². The van der Waals surface area contributed by atoms with Crippen LogP contribution in [-0.2, 0) is 10.0 Å². The molecule has 1 N–H and O–H groups in total. The average Bonchev–Trinajstić information content (AvgIpc) is 3.30. The van der Waals surface area contributed by atoms with E-state index >= 15 is 0 Å². The monoisotopic (exact) mass is 395 g/mol. The molecule has 142 valence electrons. The second-order valence-electron chi connectivity index (χ2n) is 6.19. The zero-order valence-corrected chi connectivity index (χ0v) is 16.0. The van der Waals surface area contributed by atoms with Gasteiger partial charge in [0.2, 0.25) is 0 Å². The van der Waals surface area contributed by atoms with Crippen molar-refractivity contribution in [2.75, 3.05) is 4.72 Å². The van der Waals surface area contributed by atoms with E-state index in [1.54, 1.807) is 31.5 Å². The highest BCUT2D eigenvalue weighted by Crippen LogP contribution is 2.20. The molecular formula is C18H17N7O2S. The molecule has 4 rings (SSSR count). The van der Waals surface area contributed by atoms with Crippen molar-refractivity contribution in [1.82, 2.24) is 29.5 Å². The van der Waals surface area contributed by atoms with Gasteiger partial charge >= 0.3 is 0 Å². The summed E-state index contributed by atoms with van der Waals surface area (Å²) in [6.45, 7) is 3.74. The Morgan fingerprint density at radius 3 is 2.46 bits per heavy atom. The van der Waals surface area contributed by atoms with Crippen LogP contribution in [0.1, 0.15) is 11.3 Å². The Balaban J connectivity index is 1.65. The SMILES string of the molecule is Cc1ccc(-n2cc(S(=O)(=O)Nc3cc(C)nn3-c3ncccn3)cn2)cc1. The second-order valence-corrected chi connectivity index (χ2v) is 7.88. The van der Waals surface area contributed by atoms with Gasteiger partial charge in [0.1, 0.15) is 10.7 Å². The van der Waals surface area contributed by atoms with Crippen molar-refractivity contribution in [3.63, 3.8) is 0 Å². The van der Waals surface area contributed by atoms with Gasteiger partial charge in [-0.15, -0.1) is 0 Å². The summed E-state index contributed by atoms with van der Waals surface area (Å²) in [5, 5.41) is 8.42. The predicted molar refractivity (Wildman–Crippen MR) is 103 cm³/mol. The van der Waals surface area contributed by atoms with E-state index in [-0.39, 0.29) is 16.7 Å². The third-order valence-corrected chi connectivity index (χ3v) is 5.29. The van der Waals surface area contributed by atoms with Crippen molar-refractivity contribution in [3.8, 4) is 11.6 Å². The first kappa shape index (κ1) is 17.9. The zero-order chi connectivity index (χ0) is 19.7. The maximum atomic E-state index is 12.8. The zero-order valence-electron chi connectivity index (χ0n) is 15.2. The number of sulfonamides is 1. The van der Waals surface area contributed by atoms with E-state index in [0.29, 0.717) is 5.69 Å². The first-order valence-corrected chi connectivity index (χ1v) is 9.89. The Labute approximate surface area is 161 Å². The van der Waals surface area contributed by atoms with E-state index in [4.69, 9.17) is 0 Å². The molecule has 0 aliphatic carbocycles. The molecule has 0 atom stereocenters. The molecule has 0 saturated heterocycles. The number of aryl methyl sites for hydroxylation is 2. The van der Waals surface area contributed by atoms with Crippen LogP contribution < -0.4 is 4.72 Å². The lowest BCUT2D eigenvalue weighted by Crippen LogP contribution is -2.16. The topological polar surface area (TPSA) is 108 Å². The standard InChI is InChI=1S/C18H17N7O2S/c1-13-4-6-15(7-5-13)24-12-16(11-21-24)28(26,27)23-17-10-14(2)22-25(17)18-19-8-3-9-20-18/h3-12,23H,1-2H3. The van der Waals surface area contributed by atoms with Crippen LogP contribution in [0.25, 0.3) is 11.6 Å². The Morgan fingerprint density at radius 1 is 1.04 bits per heavy atom. The molecule has 0 bridgehead atoms. The molecule has 0 fully saturated rings. The van der Waals surface area contributed by atoms with Gasteiger partial charge in [0.15, 0.2) is 0 Å². The Kier molecular flexibility index (Phi) is 4.40. The van der Waals surface area contributed by atoms with Crippen molar-refractivity contribution >= 4 is 15.8 Å². The summed E-state index contributed by atoms with van der Waals surface area (Å²) in [6.07, 6.45) is 5.88. The molecule has 0 unspecified atom stereocenters. The Bertz CT molecular complexity index is 1210. The maximum Gasteiger partial charge on any atom is 0.266 e. The third kappa shape index (κ3) is 3.49. The minimum Gasteiger partial charge on any atom is -0.263 e. The van der Waals surface area contributed by atoms with Gasteiger partial charge in [-0.05, 0) is 32.0 Å². The highest BCUT2D eigenvalue weighted by atomic mass is 32.2. The molecule has 28 heavy (non-hydrogen) atoms. The number of rotatable bonds is 5. The summed E-state index contributed by atoms with van der Waals surface area (Å²) in [5.41, 5.74) is 2.50. The number of nitrogens with zero attached hydrogens (tertiary/aromatic N) is 6. The Hall–Kier alpha value is -3.53. The predicted octanol–water partition coefficient (Wildman–Crippen LogP) is 2.27. The van der Waals surface area contributed by atoms with Gasteiger partial charge in [0.05, 0.1) is 23.8 Å². The molecule has 0 aliphatic rings. The average molecular weight is 395 g/mol. The molecule has 0 aliphatic heterocycles. The van der Waals surface area contributed by atoms with Crippen molar-refractivity contribution < 1.29 is 8.42 Å². The molecule has 0 saturated carbocycles. The molecule has 0 amide bonds. The van der Waals surface area contributed by atoms with E-state index in [2.05, 4.69) is 24.9 Å². The van der Waals surface area contributed by atoms with Crippen LogP contribution in [0.2, 0.25) is 0 Å². The number of nitrogens with one attached hydrogen (secondary N) is 1. The largest absolute Gasteiger partial charge is 0.266 e. The summed E-state index contributed by atoms with van der Waals surface area (Å²) in [5.74, 6) is 0.510. The molecule has 0 spiro atoms. The number of hydrogen-bond acceptors (Lipinski definition) is 6. The highest BCUT2D eigenvalue weighted by Gasteiger charge is 2.21. The second kappa shape index (κ2) is 6.89. The first-order valence-electron chi connectivity index (χ1n) is 8.41. The number of benzene rings is 1. The van der Waals surface area contributed by atoms with Crippen molar-refractivity contribution in [1.29, 1.82) is 0 Å². The molecule has 3 heterocycles. The smallest absolute Gasteiger partial charge is 0.263 e.